The molecule has 0 aliphatic carbocycles. The van der Waals surface area contributed by atoms with E-state index in [1.165, 1.54) is 24.0 Å². The molecular weight excluding hydrogens is 294 g/mol. The SMILES string of the molecule is C=C(Nc1ccc(CCC)cc1)C(O)c1ccc(CCCC)cc1. The monoisotopic (exact) mass is 323 g/mol. The lowest BCUT2D eigenvalue weighted by Gasteiger charge is -2.17. The standard InChI is InChI=1S/C22H29NO/c1-4-6-8-19-9-13-20(14-10-19)22(24)17(3)23-21-15-11-18(7-5-2)12-16-21/h9-16,22-24H,3-8H2,1-2H3. The molecule has 0 amide bonds. The van der Waals surface area contributed by atoms with E-state index in [-0.39, 0.29) is 0 Å². The number of rotatable bonds is 9. The zero-order chi connectivity index (χ0) is 17.4. The van der Waals surface area contributed by atoms with Crippen LogP contribution in [-0.2, 0) is 12.8 Å². The Bertz CT molecular complexity index is 628. The van der Waals surface area contributed by atoms with Gasteiger partial charge in [-0.25, -0.2) is 0 Å². The normalized spacial score (nSPS) is 12.0. The van der Waals surface area contributed by atoms with Crippen LogP contribution in [0.3, 0.4) is 0 Å². The van der Waals surface area contributed by atoms with Crippen molar-refractivity contribution in [2.75, 3.05) is 5.32 Å². The molecule has 2 nitrogen and oxygen atoms in total. The molecule has 0 saturated carbocycles. The van der Waals surface area contributed by atoms with Gasteiger partial charge in [-0.1, -0.05) is 69.7 Å². The highest BCUT2D eigenvalue weighted by Crippen LogP contribution is 2.23. The van der Waals surface area contributed by atoms with Gasteiger partial charge in [0.2, 0.25) is 0 Å². The number of aliphatic hydroxyl groups is 1. The van der Waals surface area contributed by atoms with E-state index in [9.17, 15) is 5.11 Å². The Morgan fingerprint density at radius 3 is 2.08 bits per heavy atom. The van der Waals surface area contributed by atoms with Crippen LogP contribution in [0.15, 0.2) is 60.8 Å². The number of benzene rings is 2. The van der Waals surface area contributed by atoms with Gasteiger partial charge in [-0.05, 0) is 48.1 Å². The van der Waals surface area contributed by atoms with Gasteiger partial charge in [0, 0.05) is 11.4 Å². The first-order chi connectivity index (χ1) is 11.6. The third kappa shape index (κ3) is 5.24. The van der Waals surface area contributed by atoms with E-state index in [0.29, 0.717) is 5.70 Å². The lowest BCUT2D eigenvalue weighted by atomic mass is 10.0. The predicted molar refractivity (Wildman–Crippen MR) is 103 cm³/mol. The topological polar surface area (TPSA) is 32.3 Å². The Balaban J connectivity index is 1.95. The van der Waals surface area contributed by atoms with Crippen molar-refractivity contribution < 1.29 is 5.11 Å². The molecule has 2 aromatic rings. The molecule has 0 saturated heterocycles. The Labute approximate surface area is 146 Å². The van der Waals surface area contributed by atoms with Crippen molar-refractivity contribution in [3.8, 4) is 0 Å². The minimum Gasteiger partial charge on any atom is -0.382 e. The lowest BCUT2D eigenvalue weighted by Crippen LogP contribution is -2.09. The van der Waals surface area contributed by atoms with E-state index in [0.717, 1.165) is 30.5 Å². The second-order valence-electron chi connectivity index (χ2n) is 6.34. The summed E-state index contributed by atoms with van der Waals surface area (Å²) in [5, 5.41) is 13.7. The number of unbranched alkanes of at least 4 members (excludes halogenated alkanes) is 1. The van der Waals surface area contributed by atoms with E-state index in [1.807, 2.05) is 24.3 Å². The molecular formula is C22H29NO. The van der Waals surface area contributed by atoms with Crippen LogP contribution < -0.4 is 5.32 Å². The van der Waals surface area contributed by atoms with Crippen LogP contribution >= 0.6 is 0 Å². The summed E-state index contributed by atoms with van der Waals surface area (Å²) in [6, 6.07) is 16.5. The molecule has 0 aliphatic rings. The van der Waals surface area contributed by atoms with Gasteiger partial charge in [0.05, 0.1) is 0 Å². The Morgan fingerprint density at radius 1 is 0.917 bits per heavy atom. The maximum Gasteiger partial charge on any atom is 0.118 e. The molecule has 0 spiro atoms. The summed E-state index contributed by atoms with van der Waals surface area (Å²) in [6.45, 7) is 8.37. The largest absolute Gasteiger partial charge is 0.382 e. The van der Waals surface area contributed by atoms with Gasteiger partial charge in [-0.15, -0.1) is 0 Å². The summed E-state index contributed by atoms with van der Waals surface area (Å²) < 4.78 is 0. The second-order valence-corrected chi connectivity index (χ2v) is 6.34. The lowest BCUT2D eigenvalue weighted by molar-refractivity contribution is 0.217. The van der Waals surface area contributed by atoms with Gasteiger partial charge in [-0.2, -0.15) is 0 Å². The van der Waals surface area contributed by atoms with Crippen molar-refractivity contribution >= 4 is 5.69 Å². The molecule has 1 unspecified atom stereocenters. The average Bonchev–Trinajstić information content (AvgIpc) is 2.61. The van der Waals surface area contributed by atoms with Crippen molar-refractivity contribution in [3.05, 3.63) is 77.5 Å². The molecule has 2 rings (SSSR count). The van der Waals surface area contributed by atoms with E-state index in [2.05, 4.69) is 50.0 Å². The number of hydrogen-bond donors (Lipinski definition) is 2. The maximum atomic E-state index is 10.5. The fourth-order valence-corrected chi connectivity index (χ4v) is 2.75. The molecule has 128 valence electrons. The number of anilines is 1. The predicted octanol–water partition coefficient (Wildman–Crippen LogP) is 5.64. The number of aryl methyl sites for hydroxylation is 2. The fourth-order valence-electron chi connectivity index (χ4n) is 2.75. The summed E-state index contributed by atoms with van der Waals surface area (Å²) in [4.78, 5) is 0. The van der Waals surface area contributed by atoms with Gasteiger partial charge < -0.3 is 10.4 Å². The molecule has 0 fully saturated rings. The highest BCUT2D eigenvalue weighted by molar-refractivity contribution is 5.50. The van der Waals surface area contributed by atoms with Crippen LogP contribution in [0.25, 0.3) is 0 Å². The van der Waals surface area contributed by atoms with Crippen molar-refractivity contribution in [1.82, 2.24) is 0 Å². The van der Waals surface area contributed by atoms with Crippen molar-refractivity contribution in [2.45, 2.75) is 52.1 Å². The van der Waals surface area contributed by atoms with Gasteiger partial charge in [0.15, 0.2) is 0 Å². The minimum atomic E-state index is -0.708. The molecule has 24 heavy (non-hydrogen) atoms. The quantitative estimate of drug-likeness (QED) is 0.626. The average molecular weight is 323 g/mol. The van der Waals surface area contributed by atoms with Gasteiger partial charge >= 0.3 is 0 Å². The van der Waals surface area contributed by atoms with E-state index >= 15 is 0 Å². The molecule has 0 aliphatic heterocycles. The van der Waals surface area contributed by atoms with Crippen LogP contribution in [0.2, 0.25) is 0 Å². The summed E-state index contributed by atoms with van der Waals surface area (Å²) >= 11 is 0. The van der Waals surface area contributed by atoms with Crippen molar-refractivity contribution in [3.63, 3.8) is 0 Å². The van der Waals surface area contributed by atoms with Crippen LogP contribution in [-0.4, -0.2) is 5.11 Å². The Hall–Kier alpha value is -2.06. The smallest absolute Gasteiger partial charge is 0.118 e. The first-order valence-corrected chi connectivity index (χ1v) is 8.95. The van der Waals surface area contributed by atoms with E-state index in [4.69, 9.17) is 0 Å². The Morgan fingerprint density at radius 2 is 1.50 bits per heavy atom. The molecule has 2 aromatic carbocycles. The first kappa shape index (κ1) is 18.3. The maximum absolute atomic E-state index is 10.5. The Kier molecular flexibility index (Phi) is 7.07. The first-order valence-electron chi connectivity index (χ1n) is 8.95. The number of hydrogen-bond acceptors (Lipinski definition) is 2. The molecule has 0 radical (unpaired) electrons. The molecule has 2 heteroatoms. The van der Waals surface area contributed by atoms with Crippen LogP contribution in [0.4, 0.5) is 5.69 Å². The highest BCUT2D eigenvalue weighted by atomic mass is 16.3. The zero-order valence-corrected chi connectivity index (χ0v) is 14.9. The van der Waals surface area contributed by atoms with Crippen LogP contribution in [0, 0.1) is 0 Å². The van der Waals surface area contributed by atoms with Crippen LogP contribution in [0.5, 0.6) is 0 Å². The third-order valence-electron chi connectivity index (χ3n) is 4.24. The molecule has 0 bridgehead atoms. The zero-order valence-electron chi connectivity index (χ0n) is 14.9. The molecule has 0 aromatic heterocycles. The second kappa shape index (κ2) is 9.29. The van der Waals surface area contributed by atoms with Crippen LogP contribution in [0.1, 0.15) is 55.9 Å². The molecule has 2 N–H and O–H groups in total. The summed E-state index contributed by atoms with van der Waals surface area (Å²) in [6.07, 6.45) is 5.02. The van der Waals surface area contributed by atoms with Gasteiger partial charge in [-0.3, -0.25) is 0 Å². The summed E-state index contributed by atoms with van der Waals surface area (Å²) in [5.41, 5.74) is 5.07. The van der Waals surface area contributed by atoms with E-state index < -0.39 is 6.10 Å². The highest BCUT2D eigenvalue weighted by Gasteiger charge is 2.11. The number of aliphatic hydroxyl groups excluding tert-OH is 1. The van der Waals surface area contributed by atoms with Crippen molar-refractivity contribution in [1.29, 1.82) is 0 Å². The summed E-state index contributed by atoms with van der Waals surface area (Å²) in [5.74, 6) is 0. The molecule has 1 atom stereocenters. The molecule has 0 heterocycles. The summed E-state index contributed by atoms with van der Waals surface area (Å²) in [7, 11) is 0. The fraction of sp³-hybridized carbons (Fsp3) is 0.364. The van der Waals surface area contributed by atoms with Crippen molar-refractivity contribution in [2.24, 2.45) is 0 Å². The minimum absolute atomic E-state index is 0.597. The van der Waals surface area contributed by atoms with E-state index in [1.54, 1.807) is 0 Å². The van der Waals surface area contributed by atoms with Gasteiger partial charge in [0.25, 0.3) is 0 Å². The third-order valence-corrected chi connectivity index (χ3v) is 4.24. The number of nitrogens with one attached hydrogen (secondary N) is 1. The van der Waals surface area contributed by atoms with Gasteiger partial charge in [0.1, 0.15) is 6.10 Å².